The van der Waals surface area contributed by atoms with Crippen molar-refractivity contribution in [2.24, 2.45) is 5.92 Å². The van der Waals surface area contributed by atoms with Gasteiger partial charge in [-0.25, -0.2) is 0 Å². The van der Waals surface area contributed by atoms with E-state index < -0.39 is 0 Å². The fourth-order valence-electron chi connectivity index (χ4n) is 2.79. The topological polar surface area (TPSA) is 15.3 Å². The zero-order valence-electron chi connectivity index (χ0n) is 10.0. The Kier molecular flexibility index (Phi) is 4.35. The molecule has 0 bridgehead atoms. The summed E-state index contributed by atoms with van der Waals surface area (Å²) in [5.74, 6) is 3.61. The van der Waals surface area contributed by atoms with Gasteiger partial charge in [0.05, 0.1) is 0 Å². The maximum Gasteiger partial charge on any atom is 0.0161 e. The lowest BCUT2D eigenvalue weighted by molar-refractivity contribution is 0.0424. The molecule has 2 fully saturated rings. The fourth-order valence-corrected chi connectivity index (χ4v) is 3.83. The molecule has 0 aromatic heterocycles. The molecule has 1 saturated carbocycles. The Balaban J connectivity index is 1.81. The summed E-state index contributed by atoms with van der Waals surface area (Å²) in [6.07, 6.45) is 2.87. The van der Waals surface area contributed by atoms with Crippen molar-refractivity contribution in [3.05, 3.63) is 0 Å². The van der Waals surface area contributed by atoms with Crippen molar-refractivity contribution in [2.45, 2.75) is 38.8 Å². The summed E-state index contributed by atoms with van der Waals surface area (Å²) in [6.45, 7) is 8.27. The van der Waals surface area contributed by atoms with Crippen LogP contribution in [0.15, 0.2) is 0 Å². The van der Waals surface area contributed by atoms with E-state index in [-0.39, 0.29) is 0 Å². The van der Waals surface area contributed by atoms with E-state index in [9.17, 15) is 0 Å². The highest BCUT2D eigenvalue weighted by Gasteiger charge is 2.37. The highest BCUT2D eigenvalue weighted by Crippen LogP contribution is 2.34. The van der Waals surface area contributed by atoms with Crippen LogP contribution in [0.1, 0.15) is 26.7 Å². The van der Waals surface area contributed by atoms with Gasteiger partial charge in [-0.05, 0) is 38.8 Å². The summed E-state index contributed by atoms with van der Waals surface area (Å²) in [7, 11) is 0. The van der Waals surface area contributed by atoms with Gasteiger partial charge in [-0.2, -0.15) is 11.8 Å². The van der Waals surface area contributed by atoms with E-state index in [0.29, 0.717) is 0 Å². The average molecular weight is 228 g/mol. The van der Waals surface area contributed by atoms with Crippen molar-refractivity contribution in [2.75, 3.05) is 31.1 Å². The first-order chi connectivity index (χ1) is 7.33. The van der Waals surface area contributed by atoms with E-state index in [1.54, 1.807) is 0 Å². The molecule has 1 aliphatic carbocycles. The third-order valence-corrected chi connectivity index (χ3v) is 5.07. The molecule has 3 atom stereocenters. The van der Waals surface area contributed by atoms with Gasteiger partial charge in [0.2, 0.25) is 0 Å². The van der Waals surface area contributed by atoms with Crippen molar-refractivity contribution in [1.82, 2.24) is 10.2 Å². The second-order valence-electron chi connectivity index (χ2n) is 4.87. The Morgan fingerprint density at radius 2 is 2.27 bits per heavy atom. The maximum absolute atomic E-state index is 3.50. The van der Waals surface area contributed by atoms with Gasteiger partial charge in [0.25, 0.3) is 0 Å². The minimum atomic E-state index is 0.804. The summed E-state index contributed by atoms with van der Waals surface area (Å²) < 4.78 is 0. The zero-order valence-corrected chi connectivity index (χ0v) is 10.9. The number of rotatable bonds is 4. The van der Waals surface area contributed by atoms with Crippen LogP contribution in [0.4, 0.5) is 0 Å². The van der Waals surface area contributed by atoms with Crippen LogP contribution in [0.2, 0.25) is 0 Å². The molecule has 88 valence electrons. The predicted octanol–water partition coefficient (Wildman–Crippen LogP) is 1.81. The van der Waals surface area contributed by atoms with Gasteiger partial charge in [-0.15, -0.1) is 0 Å². The Hall–Kier alpha value is 0.270. The summed E-state index contributed by atoms with van der Waals surface area (Å²) in [4.78, 5) is 2.77. The molecule has 0 amide bonds. The molecule has 15 heavy (non-hydrogen) atoms. The second kappa shape index (κ2) is 5.55. The molecule has 3 heteroatoms. The minimum Gasteiger partial charge on any atom is -0.317 e. The molecule has 1 aliphatic heterocycles. The van der Waals surface area contributed by atoms with Gasteiger partial charge in [0, 0.05) is 30.1 Å². The van der Waals surface area contributed by atoms with Gasteiger partial charge < -0.3 is 5.32 Å². The molecule has 1 N–H and O–H groups in total. The van der Waals surface area contributed by atoms with Crippen LogP contribution in [-0.2, 0) is 0 Å². The van der Waals surface area contributed by atoms with Crippen molar-refractivity contribution >= 4 is 11.8 Å². The first-order valence-electron chi connectivity index (χ1n) is 6.37. The highest BCUT2D eigenvalue weighted by atomic mass is 32.2. The lowest BCUT2D eigenvalue weighted by Crippen LogP contribution is -2.56. The Bertz CT molecular complexity index is 198. The van der Waals surface area contributed by atoms with E-state index >= 15 is 0 Å². The Morgan fingerprint density at radius 1 is 1.40 bits per heavy atom. The van der Waals surface area contributed by atoms with Gasteiger partial charge in [0.1, 0.15) is 0 Å². The molecule has 2 rings (SSSR count). The Labute approximate surface area is 98.2 Å². The molecule has 3 unspecified atom stereocenters. The third-order valence-electron chi connectivity index (χ3n) is 3.88. The molecule has 0 aromatic rings. The quantitative estimate of drug-likeness (QED) is 0.790. The standard InChI is InChI=1S/C12H24N2S/c1-3-13-8-11-4-5-12(11)14-6-7-15-9-10(14)2/h10-13H,3-9H2,1-2H3. The first kappa shape index (κ1) is 11.7. The van der Waals surface area contributed by atoms with Crippen molar-refractivity contribution < 1.29 is 0 Å². The van der Waals surface area contributed by atoms with Crippen molar-refractivity contribution in [3.63, 3.8) is 0 Å². The predicted molar refractivity (Wildman–Crippen MR) is 68.5 cm³/mol. The van der Waals surface area contributed by atoms with Crippen LogP contribution in [0, 0.1) is 5.92 Å². The maximum atomic E-state index is 3.50. The zero-order chi connectivity index (χ0) is 10.7. The summed E-state index contributed by atoms with van der Waals surface area (Å²) >= 11 is 2.12. The third kappa shape index (κ3) is 2.69. The second-order valence-corrected chi connectivity index (χ2v) is 6.02. The summed E-state index contributed by atoms with van der Waals surface area (Å²) in [5.41, 5.74) is 0. The smallest absolute Gasteiger partial charge is 0.0161 e. The van der Waals surface area contributed by atoms with Crippen LogP contribution in [0.25, 0.3) is 0 Å². The van der Waals surface area contributed by atoms with Gasteiger partial charge in [0.15, 0.2) is 0 Å². The number of hydrogen-bond acceptors (Lipinski definition) is 3. The number of hydrogen-bond donors (Lipinski definition) is 1. The number of nitrogens with zero attached hydrogens (tertiary/aromatic N) is 1. The Morgan fingerprint density at radius 3 is 2.87 bits per heavy atom. The monoisotopic (exact) mass is 228 g/mol. The first-order valence-corrected chi connectivity index (χ1v) is 7.52. The summed E-state index contributed by atoms with van der Waals surface area (Å²) in [6, 6.07) is 1.69. The van der Waals surface area contributed by atoms with Gasteiger partial charge in [-0.1, -0.05) is 6.92 Å². The molecule has 0 aromatic carbocycles. The van der Waals surface area contributed by atoms with Crippen LogP contribution >= 0.6 is 11.8 Å². The number of thioether (sulfide) groups is 1. The van der Waals surface area contributed by atoms with E-state index in [1.807, 2.05) is 0 Å². The van der Waals surface area contributed by atoms with Crippen molar-refractivity contribution in [1.29, 1.82) is 0 Å². The van der Waals surface area contributed by atoms with E-state index in [1.165, 1.54) is 37.4 Å². The van der Waals surface area contributed by atoms with Gasteiger partial charge in [-0.3, -0.25) is 4.90 Å². The van der Waals surface area contributed by atoms with E-state index in [2.05, 4.69) is 35.8 Å². The van der Waals surface area contributed by atoms with Crippen LogP contribution in [0.5, 0.6) is 0 Å². The lowest BCUT2D eigenvalue weighted by Gasteiger charge is -2.48. The van der Waals surface area contributed by atoms with Crippen molar-refractivity contribution in [3.8, 4) is 0 Å². The molecule has 0 spiro atoms. The molecular formula is C12H24N2S. The minimum absolute atomic E-state index is 0.804. The molecular weight excluding hydrogens is 204 g/mol. The van der Waals surface area contributed by atoms with Gasteiger partial charge >= 0.3 is 0 Å². The van der Waals surface area contributed by atoms with Crippen LogP contribution in [0.3, 0.4) is 0 Å². The fraction of sp³-hybridized carbons (Fsp3) is 1.00. The van der Waals surface area contributed by atoms with Crippen LogP contribution < -0.4 is 5.32 Å². The summed E-state index contributed by atoms with van der Waals surface area (Å²) in [5, 5.41) is 3.50. The molecule has 0 radical (unpaired) electrons. The number of nitrogens with one attached hydrogen (secondary N) is 1. The average Bonchev–Trinajstić information content (AvgIpc) is 2.20. The largest absolute Gasteiger partial charge is 0.317 e. The lowest BCUT2D eigenvalue weighted by atomic mass is 9.78. The molecule has 2 aliphatic rings. The molecule has 1 heterocycles. The SMILES string of the molecule is CCNCC1CCC1N1CCSCC1C. The normalized spacial score (nSPS) is 37.6. The molecule has 1 saturated heterocycles. The van der Waals surface area contributed by atoms with Crippen LogP contribution in [-0.4, -0.2) is 48.1 Å². The van der Waals surface area contributed by atoms with E-state index in [4.69, 9.17) is 0 Å². The molecule has 2 nitrogen and oxygen atoms in total. The highest BCUT2D eigenvalue weighted by molar-refractivity contribution is 7.99. The van der Waals surface area contributed by atoms with E-state index in [0.717, 1.165) is 24.5 Å².